The number of phenolic OH excluding ortho intramolecular Hbond substituents is 1. The van der Waals surface area contributed by atoms with Crippen molar-refractivity contribution in [3.05, 3.63) is 59.7 Å². The van der Waals surface area contributed by atoms with Gasteiger partial charge in [0.2, 0.25) is 0 Å². The molecule has 0 saturated heterocycles. The third-order valence-corrected chi connectivity index (χ3v) is 5.71. The SMILES string of the molecule is C=CC1=CCC2C(=O)C(C)=CC(=O)C2(C)C1c1cccc(OCC)c1O. The van der Waals surface area contributed by atoms with Gasteiger partial charge in [0.05, 0.1) is 12.0 Å². The summed E-state index contributed by atoms with van der Waals surface area (Å²) in [5.41, 5.74) is 0.973. The van der Waals surface area contributed by atoms with E-state index in [4.69, 9.17) is 4.74 Å². The highest BCUT2D eigenvalue weighted by Crippen LogP contribution is 2.56. The van der Waals surface area contributed by atoms with Gasteiger partial charge in [-0.3, -0.25) is 9.59 Å². The summed E-state index contributed by atoms with van der Waals surface area (Å²) in [5, 5.41) is 10.8. The molecule has 0 saturated carbocycles. The van der Waals surface area contributed by atoms with E-state index in [1.807, 2.05) is 19.9 Å². The van der Waals surface area contributed by atoms with Crippen LogP contribution in [0, 0.1) is 11.3 Å². The van der Waals surface area contributed by atoms with E-state index in [2.05, 4.69) is 6.58 Å². The molecule has 2 aliphatic carbocycles. The minimum Gasteiger partial charge on any atom is -0.504 e. The number of rotatable bonds is 4. The Balaban J connectivity index is 2.24. The van der Waals surface area contributed by atoms with E-state index in [0.29, 0.717) is 29.9 Å². The minimum atomic E-state index is -0.961. The quantitative estimate of drug-likeness (QED) is 0.886. The highest BCUT2D eigenvalue weighted by atomic mass is 16.5. The van der Waals surface area contributed by atoms with E-state index >= 15 is 0 Å². The standard InChI is InChI=1S/C22H24O4/c1-5-14-10-11-16-20(24)13(3)12-18(23)22(16,4)19(14)15-8-7-9-17(21(15)25)26-6-2/h5,7-10,12,16,19,25H,1,6,11H2,2-4H3. The maximum absolute atomic E-state index is 13.1. The molecule has 3 rings (SSSR count). The molecule has 0 bridgehead atoms. The molecule has 0 spiro atoms. The molecule has 2 aliphatic rings. The van der Waals surface area contributed by atoms with Crippen LogP contribution >= 0.6 is 0 Å². The third kappa shape index (κ3) is 2.52. The Morgan fingerprint density at radius 1 is 1.38 bits per heavy atom. The maximum atomic E-state index is 13.1. The Morgan fingerprint density at radius 3 is 2.77 bits per heavy atom. The summed E-state index contributed by atoms with van der Waals surface area (Å²) in [4.78, 5) is 25.8. The van der Waals surface area contributed by atoms with Crippen molar-refractivity contribution in [3.8, 4) is 11.5 Å². The van der Waals surface area contributed by atoms with Crippen LogP contribution in [0.25, 0.3) is 0 Å². The zero-order valence-corrected chi connectivity index (χ0v) is 15.4. The Kier molecular flexibility index (Phi) is 4.61. The number of hydrogen-bond donors (Lipinski definition) is 1. The van der Waals surface area contributed by atoms with Crippen LogP contribution in [-0.2, 0) is 9.59 Å². The molecule has 0 aliphatic heterocycles. The van der Waals surface area contributed by atoms with Crippen molar-refractivity contribution in [2.45, 2.75) is 33.1 Å². The van der Waals surface area contributed by atoms with Crippen LogP contribution in [-0.4, -0.2) is 23.3 Å². The molecule has 1 aromatic rings. The summed E-state index contributed by atoms with van der Waals surface area (Å²) in [7, 11) is 0. The smallest absolute Gasteiger partial charge is 0.163 e. The van der Waals surface area contributed by atoms with Crippen LogP contribution in [0.3, 0.4) is 0 Å². The first-order valence-electron chi connectivity index (χ1n) is 8.90. The van der Waals surface area contributed by atoms with Crippen molar-refractivity contribution >= 4 is 11.6 Å². The van der Waals surface area contributed by atoms with Crippen LogP contribution < -0.4 is 4.74 Å². The van der Waals surface area contributed by atoms with Crippen molar-refractivity contribution in [2.24, 2.45) is 11.3 Å². The fourth-order valence-corrected chi connectivity index (χ4v) is 4.30. The predicted octanol–water partition coefficient (Wildman–Crippen LogP) is 4.11. The molecule has 26 heavy (non-hydrogen) atoms. The second-order valence-corrected chi connectivity index (χ2v) is 7.10. The third-order valence-electron chi connectivity index (χ3n) is 5.71. The number of phenols is 1. The number of carbonyl (C=O) groups is 2. The minimum absolute atomic E-state index is 0.00286. The van der Waals surface area contributed by atoms with E-state index in [1.54, 1.807) is 31.2 Å². The van der Waals surface area contributed by atoms with Gasteiger partial charge in [-0.2, -0.15) is 0 Å². The summed E-state index contributed by atoms with van der Waals surface area (Å²) in [6, 6.07) is 5.28. The molecule has 0 heterocycles. The average molecular weight is 352 g/mol. The van der Waals surface area contributed by atoms with Gasteiger partial charge in [0.15, 0.2) is 23.1 Å². The van der Waals surface area contributed by atoms with E-state index in [1.165, 1.54) is 6.08 Å². The highest BCUT2D eigenvalue weighted by Gasteiger charge is 2.55. The summed E-state index contributed by atoms with van der Waals surface area (Å²) >= 11 is 0. The van der Waals surface area contributed by atoms with Gasteiger partial charge in [-0.15, -0.1) is 0 Å². The van der Waals surface area contributed by atoms with Crippen LogP contribution in [0.15, 0.2) is 54.2 Å². The monoisotopic (exact) mass is 352 g/mol. The molecule has 0 radical (unpaired) electrons. The van der Waals surface area contributed by atoms with E-state index in [0.717, 1.165) is 5.57 Å². The molecule has 4 heteroatoms. The Bertz CT molecular complexity index is 846. The lowest BCUT2D eigenvalue weighted by molar-refractivity contribution is -0.137. The number of benzene rings is 1. The Labute approximate surface area is 153 Å². The van der Waals surface area contributed by atoms with E-state index in [-0.39, 0.29) is 17.3 Å². The fourth-order valence-electron chi connectivity index (χ4n) is 4.30. The van der Waals surface area contributed by atoms with Crippen LogP contribution in [0.4, 0.5) is 0 Å². The van der Waals surface area contributed by atoms with Crippen LogP contribution in [0.2, 0.25) is 0 Å². The molecule has 1 N–H and O–H groups in total. The predicted molar refractivity (Wildman–Crippen MR) is 100 cm³/mol. The first-order chi connectivity index (χ1) is 12.4. The van der Waals surface area contributed by atoms with Crippen molar-refractivity contribution in [2.75, 3.05) is 6.61 Å². The number of carbonyl (C=O) groups excluding carboxylic acids is 2. The van der Waals surface area contributed by atoms with Gasteiger partial charge in [-0.25, -0.2) is 0 Å². The highest BCUT2D eigenvalue weighted by molar-refractivity contribution is 6.13. The second kappa shape index (κ2) is 6.60. The number of hydrogen-bond acceptors (Lipinski definition) is 4. The van der Waals surface area contributed by atoms with Gasteiger partial charge >= 0.3 is 0 Å². The lowest BCUT2D eigenvalue weighted by Gasteiger charge is -2.47. The number of Topliss-reactive ketones (excluding diaryl/α,β-unsaturated/α-hetero) is 1. The molecular formula is C22H24O4. The van der Waals surface area contributed by atoms with Crippen LogP contribution in [0.1, 0.15) is 38.7 Å². The number of ketones is 2. The van der Waals surface area contributed by atoms with Gasteiger partial charge in [-0.05, 0) is 43.6 Å². The lowest BCUT2D eigenvalue weighted by atomic mass is 9.53. The van der Waals surface area contributed by atoms with Crippen molar-refractivity contribution < 1.29 is 19.4 Å². The molecule has 1 aromatic carbocycles. The first kappa shape index (κ1) is 18.2. The summed E-state index contributed by atoms with van der Waals surface area (Å²) < 4.78 is 5.51. The lowest BCUT2D eigenvalue weighted by Crippen LogP contribution is -2.49. The fraction of sp³-hybridized carbons (Fsp3) is 0.364. The zero-order chi connectivity index (χ0) is 19.1. The summed E-state index contributed by atoms with van der Waals surface area (Å²) in [6.45, 7) is 9.67. The summed E-state index contributed by atoms with van der Waals surface area (Å²) in [6.07, 6.45) is 5.61. The normalized spacial score (nSPS) is 28.1. The molecule has 3 atom stereocenters. The van der Waals surface area contributed by atoms with E-state index in [9.17, 15) is 14.7 Å². The average Bonchev–Trinajstić information content (AvgIpc) is 2.62. The number of allylic oxidation sites excluding steroid dienone is 5. The number of fused-ring (bicyclic) bond motifs is 1. The van der Waals surface area contributed by atoms with Crippen molar-refractivity contribution in [1.29, 1.82) is 0 Å². The van der Waals surface area contributed by atoms with Gasteiger partial charge in [-0.1, -0.05) is 37.8 Å². The van der Waals surface area contributed by atoms with Gasteiger partial charge in [0.25, 0.3) is 0 Å². The molecule has 4 nitrogen and oxygen atoms in total. The molecule has 0 aromatic heterocycles. The molecule has 0 amide bonds. The topological polar surface area (TPSA) is 63.6 Å². The van der Waals surface area contributed by atoms with Crippen LogP contribution in [0.5, 0.6) is 11.5 Å². The molecule has 0 fully saturated rings. The van der Waals surface area contributed by atoms with Crippen molar-refractivity contribution in [3.63, 3.8) is 0 Å². The Morgan fingerprint density at radius 2 is 2.12 bits per heavy atom. The maximum Gasteiger partial charge on any atom is 0.163 e. The van der Waals surface area contributed by atoms with E-state index < -0.39 is 17.3 Å². The van der Waals surface area contributed by atoms with Gasteiger partial charge < -0.3 is 9.84 Å². The number of ether oxygens (including phenoxy) is 1. The zero-order valence-electron chi connectivity index (χ0n) is 15.4. The molecular weight excluding hydrogens is 328 g/mol. The largest absolute Gasteiger partial charge is 0.504 e. The molecule has 3 unspecified atom stereocenters. The molecule has 136 valence electrons. The van der Waals surface area contributed by atoms with Crippen molar-refractivity contribution in [1.82, 2.24) is 0 Å². The number of para-hydroxylation sites is 1. The van der Waals surface area contributed by atoms with Gasteiger partial charge in [0.1, 0.15) is 0 Å². The Hall–Kier alpha value is -2.62. The summed E-state index contributed by atoms with van der Waals surface area (Å²) in [5.74, 6) is -0.597. The van der Waals surface area contributed by atoms with Gasteiger partial charge in [0, 0.05) is 17.4 Å². The number of aromatic hydroxyl groups is 1. The second-order valence-electron chi connectivity index (χ2n) is 7.10. The first-order valence-corrected chi connectivity index (χ1v) is 8.90.